The number of aliphatic hydroxyl groups excluding tert-OH is 7. The van der Waals surface area contributed by atoms with Gasteiger partial charge in [-0.1, -0.05) is 224 Å². The lowest BCUT2D eigenvalue weighted by atomic mass is 9.98. The second-order valence-electron chi connectivity index (χ2n) is 19.6. The minimum atomic E-state index is -1.67. The van der Waals surface area contributed by atoms with E-state index in [1.54, 1.807) is 0 Å². The van der Waals surface area contributed by atoms with Crippen LogP contribution >= 0.6 is 0 Å². The van der Waals surface area contributed by atoms with Gasteiger partial charge in [-0.15, -0.1) is 0 Å². The molecule has 1 heterocycles. The van der Waals surface area contributed by atoms with E-state index >= 15 is 0 Å². The Morgan fingerprint density at radius 2 is 0.909 bits per heavy atom. The fourth-order valence-corrected chi connectivity index (χ4v) is 8.93. The van der Waals surface area contributed by atoms with Gasteiger partial charge in [-0.25, -0.2) is 0 Å². The first-order chi connectivity index (χ1) is 32.2. The maximum atomic E-state index is 13.0. The molecule has 0 aromatic rings. The van der Waals surface area contributed by atoms with Crippen molar-refractivity contribution in [2.45, 2.75) is 306 Å². The maximum absolute atomic E-state index is 13.0. The van der Waals surface area contributed by atoms with Crippen LogP contribution in [0, 0.1) is 0 Å². The van der Waals surface area contributed by atoms with E-state index in [0.717, 1.165) is 38.5 Å². The quantitative estimate of drug-likeness (QED) is 0.0215. The monoisotopic (exact) mass is 940 g/mol. The van der Waals surface area contributed by atoms with Crippen molar-refractivity contribution in [1.82, 2.24) is 5.32 Å². The van der Waals surface area contributed by atoms with Gasteiger partial charge in [0.15, 0.2) is 6.29 Å². The number of allylic oxidation sites excluding steroid dienone is 4. The molecular formula is C55H105NO10. The number of carbonyl (C=O) groups is 1. The lowest BCUT2D eigenvalue weighted by molar-refractivity contribution is -0.303. The first kappa shape index (κ1) is 62.6. The van der Waals surface area contributed by atoms with E-state index in [1.165, 1.54) is 167 Å². The molecule has 9 atom stereocenters. The lowest BCUT2D eigenvalue weighted by Crippen LogP contribution is -2.60. The predicted octanol–water partition coefficient (Wildman–Crippen LogP) is 11.0. The zero-order valence-corrected chi connectivity index (χ0v) is 42.4. The van der Waals surface area contributed by atoms with Crippen LogP contribution in [0.15, 0.2) is 24.3 Å². The fraction of sp³-hybridized carbons (Fsp3) is 0.909. The van der Waals surface area contributed by atoms with E-state index in [2.05, 4.69) is 43.5 Å². The van der Waals surface area contributed by atoms with E-state index in [9.17, 15) is 40.5 Å². The largest absolute Gasteiger partial charge is 0.394 e. The molecule has 9 unspecified atom stereocenters. The number of amides is 1. The van der Waals surface area contributed by atoms with Crippen LogP contribution in [0.1, 0.15) is 251 Å². The summed E-state index contributed by atoms with van der Waals surface area (Å²) < 4.78 is 11.1. The van der Waals surface area contributed by atoms with Gasteiger partial charge in [0.1, 0.15) is 36.6 Å². The molecule has 0 aromatic carbocycles. The Labute approximate surface area is 404 Å². The van der Waals surface area contributed by atoms with Crippen molar-refractivity contribution in [2.24, 2.45) is 0 Å². The Balaban J connectivity index is 2.22. The maximum Gasteiger partial charge on any atom is 0.249 e. The zero-order chi connectivity index (χ0) is 48.3. The average molecular weight is 940 g/mol. The highest BCUT2D eigenvalue weighted by Gasteiger charge is 2.44. The van der Waals surface area contributed by atoms with Crippen molar-refractivity contribution in [2.75, 3.05) is 13.2 Å². The van der Waals surface area contributed by atoms with Crippen molar-refractivity contribution in [3.8, 4) is 0 Å². The van der Waals surface area contributed by atoms with Crippen LogP contribution in [-0.2, 0) is 14.3 Å². The third-order valence-electron chi connectivity index (χ3n) is 13.5. The Bertz CT molecular complexity index is 1120. The van der Waals surface area contributed by atoms with E-state index in [0.29, 0.717) is 19.3 Å². The molecule has 11 nitrogen and oxygen atoms in total. The number of rotatable bonds is 47. The molecular weight excluding hydrogens is 835 g/mol. The minimum absolute atomic E-state index is 0.248. The van der Waals surface area contributed by atoms with Gasteiger partial charge in [-0.05, 0) is 51.4 Å². The third-order valence-corrected chi connectivity index (χ3v) is 13.5. The summed E-state index contributed by atoms with van der Waals surface area (Å²) in [4.78, 5) is 13.0. The number of carbonyl (C=O) groups excluding carboxylic acids is 1. The van der Waals surface area contributed by atoms with Gasteiger partial charge < -0.3 is 50.5 Å². The van der Waals surface area contributed by atoms with Gasteiger partial charge in [0, 0.05) is 0 Å². The van der Waals surface area contributed by atoms with Crippen LogP contribution in [-0.4, -0.2) is 110 Å². The molecule has 1 aliphatic heterocycles. The molecule has 0 aromatic heterocycles. The molecule has 8 N–H and O–H groups in total. The van der Waals surface area contributed by atoms with E-state index in [4.69, 9.17) is 9.47 Å². The van der Waals surface area contributed by atoms with Gasteiger partial charge in [0.05, 0.1) is 25.4 Å². The molecule has 390 valence electrons. The molecule has 0 aliphatic carbocycles. The van der Waals surface area contributed by atoms with E-state index in [-0.39, 0.29) is 12.8 Å². The molecule has 11 heteroatoms. The number of nitrogens with one attached hydrogen (secondary N) is 1. The second-order valence-corrected chi connectivity index (χ2v) is 19.6. The third kappa shape index (κ3) is 33.2. The van der Waals surface area contributed by atoms with Gasteiger partial charge in [0.2, 0.25) is 5.91 Å². The fourth-order valence-electron chi connectivity index (χ4n) is 8.93. The Hall–Kier alpha value is -1.41. The van der Waals surface area contributed by atoms with Crippen LogP contribution in [0.5, 0.6) is 0 Å². The Morgan fingerprint density at radius 1 is 0.515 bits per heavy atom. The summed E-state index contributed by atoms with van der Waals surface area (Å²) in [6.45, 7) is 3.39. The first-order valence-electron chi connectivity index (χ1n) is 27.7. The topological polar surface area (TPSA) is 189 Å². The van der Waals surface area contributed by atoms with Crippen LogP contribution in [0.2, 0.25) is 0 Å². The summed E-state index contributed by atoms with van der Waals surface area (Å²) in [5.41, 5.74) is 0. The molecule has 1 rings (SSSR count). The SMILES string of the molecule is CCCCCCCCCCCCCCCCCCCCCCCC/C=C/CC/C=C/CCCC(O)C(O)C(COC1OC(CO)C(O)C(O)C1O)NC(=O)C(O)CCCCCCCCCC. The number of ether oxygens (including phenoxy) is 2. The predicted molar refractivity (Wildman–Crippen MR) is 270 cm³/mol. The van der Waals surface area contributed by atoms with Crippen molar-refractivity contribution in [3.05, 3.63) is 24.3 Å². The van der Waals surface area contributed by atoms with Gasteiger partial charge >= 0.3 is 0 Å². The van der Waals surface area contributed by atoms with Gasteiger partial charge in [-0.3, -0.25) is 4.79 Å². The number of aliphatic hydroxyl groups is 7. The van der Waals surface area contributed by atoms with Crippen molar-refractivity contribution in [1.29, 1.82) is 0 Å². The summed E-state index contributed by atoms with van der Waals surface area (Å²) in [5.74, 6) is -0.713. The lowest BCUT2D eigenvalue weighted by Gasteiger charge is -2.40. The van der Waals surface area contributed by atoms with Gasteiger partial charge in [0.25, 0.3) is 0 Å². The highest BCUT2D eigenvalue weighted by Crippen LogP contribution is 2.23. The van der Waals surface area contributed by atoms with Crippen molar-refractivity contribution >= 4 is 5.91 Å². The molecule has 0 bridgehead atoms. The highest BCUT2D eigenvalue weighted by atomic mass is 16.7. The van der Waals surface area contributed by atoms with Gasteiger partial charge in [-0.2, -0.15) is 0 Å². The molecule has 66 heavy (non-hydrogen) atoms. The molecule has 1 amide bonds. The first-order valence-corrected chi connectivity index (χ1v) is 27.7. The van der Waals surface area contributed by atoms with E-state index < -0.39 is 74.2 Å². The smallest absolute Gasteiger partial charge is 0.249 e. The summed E-state index contributed by atoms with van der Waals surface area (Å²) in [7, 11) is 0. The van der Waals surface area contributed by atoms with Crippen molar-refractivity contribution in [3.63, 3.8) is 0 Å². The van der Waals surface area contributed by atoms with Crippen LogP contribution < -0.4 is 5.32 Å². The normalized spacial score (nSPS) is 20.9. The van der Waals surface area contributed by atoms with Crippen LogP contribution in [0.25, 0.3) is 0 Å². The average Bonchev–Trinajstić information content (AvgIpc) is 3.32. The molecule has 1 saturated heterocycles. The Kier molecular flexibility index (Phi) is 42.5. The standard InChI is InChI=1S/C55H105NO10/c1-3-5-7-9-11-13-14-15-16-17-18-19-20-21-22-23-24-25-26-27-28-29-30-31-32-33-34-35-37-38-40-42-47(58)50(60)46(45-65-55-53(63)52(62)51(61)49(44-57)66-55)56-54(64)48(59)43-41-39-36-12-10-8-6-4-2/h31-32,35,37,46-53,55,57-63H,3-30,33-34,36,38-45H2,1-2H3,(H,56,64)/b32-31+,37-35+. The van der Waals surface area contributed by atoms with E-state index in [1.807, 2.05) is 0 Å². The Morgan fingerprint density at radius 3 is 1.35 bits per heavy atom. The summed E-state index contributed by atoms with van der Waals surface area (Å²) >= 11 is 0. The summed E-state index contributed by atoms with van der Waals surface area (Å²) in [5, 5.41) is 75.6. The number of hydrogen-bond donors (Lipinski definition) is 8. The summed E-state index contributed by atoms with van der Waals surface area (Å²) in [6, 6.07) is -1.19. The highest BCUT2D eigenvalue weighted by molar-refractivity contribution is 5.80. The number of unbranched alkanes of at least 4 members (excludes halogenated alkanes) is 31. The van der Waals surface area contributed by atoms with Crippen LogP contribution in [0.4, 0.5) is 0 Å². The number of hydrogen-bond acceptors (Lipinski definition) is 10. The molecule has 1 aliphatic rings. The van der Waals surface area contributed by atoms with Crippen molar-refractivity contribution < 1.29 is 50.0 Å². The zero-order valence-electron chi connectivity index (χ0n) is 42.4. The van der Waals surface area contributed by atoms with Crippen LogP contribution in [0.3, 0.4) is 0 Å². The molecule has 0 saturated carbocycles. The minimum Gasteiger partial charge on any atom is -0.394 e. The summed E-state index contributed by atoms with van der Waals surface area (Å²) in [6.07, 6.45) is 41.5. The molecule has 0 spiro atoms. The molecule has 1 fully saturated rings. The molecule has 0 radical (unpaired) electrons. The second kappa shape index (κ2) is 44.8.